The zero-order chi connectivity index (χ0) is 12.4. The number of aromatic nitrogens is 2. The number of H-pyrrole nitrogens is 1. The molecule has 0 spiro atoms. The van der Waals surface area contributed by atoms with Crippen molar-refractivity contribution in [2.75, 3.05) is 11.6 Å². The van der Waals surface area contributed by atoms with Crippen LogP contribution >= 0.6 is 11.8 Å². The molecule has 90 valence electrons. The summed E-state index contributed by atoms with van der Waals surface area (Å²) in [6.45, 7) is 0. The molecule has 3 rings (SSSR count). The average Bonchev–Trinajstić information content (AvgIpc) is 2.87. The van der Waals surface area contributed by atoms with E-state index in [9.17, 15) is 0 Å². The van der Waals surface area contributed by atoms with Gasteiger partial charge in [0.2, 0.25) is 0 Å². The molecule has 0 aliphatic carbocycles. The predicted molar refractivity (Wildman–Crippen MR) is 77.6 cm³/mol. The smallest absolute Gasteiger partial charge is 0.139 e. The van der Waals surface area contributed by atoms with Crippen molar-refractivity contribution in [3.8, 4) is 0 Å². The van der Waals surface area contributed by atoms with E-state index >= 15 is 0 Å². The second kappa shape index (κ2) is 4.74. The van der Waals surface area contributed by atoms with Crippen molar-refractivity contribution >= 4 is 34.3 Å². The Morgan fingerprint density at radius 1 is 1.11 bits per heavy atom. The van der Waals surface area contributed by atoms with E-state index in [4.69, 9.17) is 0 Å². The zero-order valence-corrected chi connectivity index (χ0v) is 10.8. The van der Waals surface area contributed by atoms with E-state index in [2.05, 4.69) is 39.7 Å². The Balaban J connectivity index is 1.95. The standard InChI is InChI=1S/C14H13N3S/c1-18-12-5-3-2-4-11(12)16-13-7-6-10-8-9-15-14(10)17-13/h2-9H,1H3,(H2,15,16,17). The number of hydrogen-bond acceptors (Lipinski definition) is 3. The highest BCUT2D eigenvalue weighted by Crippen LogP contribution is 2.27. The number of pyridine rings is 1. The number of aromatic amines is 1. The second-order valence-corrected chi connectivity index (χ2v) is 4.79. The van der Waals surface area contributed by atoms with Crippen LogP contribution in [0.2, 0.25) is 0 Å². The van der Waals surface area contributed by atoms with Gasteiger partial charge in [0, 0.05) is 16.5 Å². The molecule has 0 aliphatic heterocycles. The minimum Gasteiger partial charge on any atom is -0.346 e. The first-order valence-electron chi connectivity index (χ1n) is 5.71. The Morgan fingerprint density at radius 2 is 2.00 bits per heavy atom. The molecule has 0 bridgehead atoms. The van der Waals surface area contributed by atoms with Gasteiger partial charge in [0.25, 0.3) is 0 Å². The molecule has 0 saturated heterocycles. The maximum absolute atomic E-state index is 4.53. The van der Waals surface area contributed by atoms with Crippen LogP contribution in [0.25, 0.3) is 11.0 Å². The quantitative estimate of drug-likeness (QED) is 0.694. The summed E-state index contributed by atoms with van der Waals surface area (Å²) >= 11 is 1.72. The van der Waals surface area contributed by atoms with Gasteiger partial charge in [-0.3, -0.25) is 0 Å². The molecule has 0 aliphatic rings. The molecular weight excluding hydrogens is 242 g/mol. The van der Waals surface area contributed by atoms with Crippen molar-refractivity contribution in [3.63, 3.8) is 0 Å². The van der Waals surface area contributed by atoms with E-state index in [1.807, 2.05) is 30.5 Å². The first-order chi connectivity index (χ1) is 8.86. The summed E-state index contributed by atoms with van der Waals surface area (Å²) in [5, 5.41) is 4.48. The molecule has 2 aromatic heterocycles. The summed E-state index contributed by atoms with van der Waals surface area (Å²) in [4.78, 5) is 8.86. The number of nitrogens with one attached hydrogen (secondary N) is 2. The van der Waals surface area contributed by atoms with Gasteiger partial charge in [-0.1, -0.05) is 12.1 Å². The highest BCUT2D eigenvalue weighted by Gasteiger charge is 2.03. The van der Waals surface area contributed by atoms with Crippen LogP contribution in [0.15, 0.2) is 53.6 Å². The van der Waals surface area contributed by atoms with E-state index in [0.29, 0.717) is 0 Å². The fourth-order valence-corrected chi connectivity index (χ4v) is 2.44. The van der Waals surface area contributed by atoms with Crippen molar-refractivity contribution in [1.82, 2.24) is 9.97 Å². The van der Waals surface area contributed by atoms with E-state index < -0.39 is 0 Å². The molecule has 2 N–H and O–H groups in total. The monoisotopic (exact) mass is 255 g/mol. The van der Waals surface area contributed by atoms with Crippen LogP contribution in [0.4, 0.5) is 11.5 Å². The van der Waals surface area contributed by atoms with E-state index in [0.717, 1.165) is 22.5 Å². The Hall–Kier alpha value is -1.94. The Labute approximate surface area is 110 Å². The molecule has 3 aromatic rings. The van der Waals surface area contributed by atoms with Gasteiger partial charge in [0.15, 0.2) is 0 Å². The van der Waals surface area contributed by atoms with Gasteiger partial charge in [0.05, 0.1) is 5.69 Å². The number of para-hydroxylation sites is 1. The van der Waals surface area contributed by atoms with Crippen LogP contribution < -0.4 is 5.32 Å². The maximum atomic E-state index is 4.53. The summed E-state index contributed by atoms with van der Waals surface area (Å²) in [5.41, 5.74) is 1.99. The van der Waals surface area contributed by atoms with E-state index in [-0.39, 0.29) is 0 Å². The highest BCUT2D eigenvalue weighted by molar-refractivity contribution is 7.98. The molecule has 0 fully saturated rings. The zero-order valence-electron chi connectivity index (χ0n) is 9.97. The number of benzene rings is 1. The summed E-state index contributed by atoms with van der Waals surface area (Å²) in [5.74, 6) is 0.853. The number of nitrogens with zero attached hydrogens (tertiary/aromatic N) is 1. The van der Waals surface area contributed by atoms with Gasteiger partial charge >= 0.3 is 0 Å². The lowest BCUT2D eigenvalue weighted by Crippen LogP contribution is -1.94. The molecule has 0 saturated carbocycles. The molecule has 1 aromatic carbocycles. The lowest BCUT2D eigenvalue weighted by molar-refractivity contribution is 1.29. The van der Waals surface area contributed by atoms with Crippen LogP contribution in [0, 0.1) is 0 Å². The molecule has 18 heavy (non-hydrogen) atoms. The minimum absolute atomic E-state index is 0.853. The Kier molecular flexibility index (Phi) is 2.94. The van der Waals surface area contributed by atoms with Gasteiger partial charge in [-0.05, 0) is 36.6 Å². The van der Waals surface area contributed by atoms with Crippen molar-refractivity contribution in [2.24, 2.45) is 0 Å². The highest BCUT2D eigenvalue weighted by atomic mass is 32.2. The van der Waals surface area contributed by atoms with Gasteiger partial charge in [0.1, 0.15) is 11.5 Å². The summed E-state index contributed by atoms with van der Waals surface area (Å²) in [6, 6.07) is 14.3. The molecule has 0 amide bonds. The second-order valence-electron chi connectivity index (χ2n) is 3.94. The SMILES string of the molecule is CSc1ccccc1Nc1ccc2cc[nH]c2n1. The van der Waals surface area contributed by atoms with Crippen LogP contribution in [0.3, 0.4) is 0 Å². The average molecular weight is 255 g/mol. The number of thioether (sulfide) groups is 1. The van der Waals surface area contributed by atoms with Crippen LogP contribution in [0.5, 0.6) is 0 Å². The third-order valence-electron chi connectivity index (χ3n) is 2.78. The first kappa shape index (κ1) is 11.2. The third kappa shape index (κ3) is 2.07. The summed E-state index contributed by atoms with van der Waals surface area (Å²) in [6.07, 6.45) is 3.97. The van der Waals surface area contributed by atoms with E-state index in [1.54, 1.807) is 11.8 Å². The van der Waals surface area contributed by atoms with Gasteiger partial charge in [-0.15, -0.1) is 11.8 Å². The molecule has 2 heterocycles. The third-order valence-corrected chi connectivity index (χ3v) is 3.57. The Morgan fingerprint density at radius 3 is 2.89 bits per heavy atom. The van der Waals surface area contributed by atoms with Gasteiger partial charge in [-0.2, -0.15) is 0 Å². The minimum atomic E-state index is 0.853. The van der Waals surface area contributed by atoms with Crippen LogP contribution in [-0.2, 0) is 0 Å². The number of hydrogen-bond donors (Lipinski definition) is 2. The normalized spacial score (nSPS) is 10.7. The molecule has 0 atom stereocenters. The van der Waals surface area contributed by atoms with Crippen LogP contribution in [0.1, 0.15) is 0 Å². The fraction of sp³-hybridized carbons (Fsp3) is 0.0714. The summed E-state index contributed by atoms with van der Waals surface area (Å²) in [7, 11) is 0. The number of rotatable bonds is 3. The molecule has 4 heteroatoms. The maximum Gasteiger partial charge on any atom is 0.139 e. The van der Waals surface area contributed by atoms with Crippen LogP contribution in [-0.4, -0.2) is 16.2 Å². The van der Waals surface area contributed by atoms with Gasteiger partial charge in [-0.25, -0.2) is 4.98 Å². The predicted octanol–water partition coefficient (Wildman–Crippen LogP) is 4.03. The molecule has 0 unspecified atom stereocenters. The van der Waals surface area contributed by atoms with Crippen molar-refractivity contribution < 1.29 is 0 Å². The Bertz CT molecular complexity index is 675. The first-order valence-corrected chi connectivity index (χ1v) is 6.93. The van der Waals surface area contributed by atoms with E-state index in [1.165, 1.54) is 4.90 Å². The summed E-state index contributed by atoms with van der Waals surface area (Å²) < 4.78 is 0. The van der Waals surface area contributed by atoms with Crippen molar-refractivity contribution in [1.29, 1.82) is 0 Å². The van der Waals surface area contributed by atoms with Crippen molar-refractivity contribution in [2.45, 2.75) is 4.90 Å². The molecule has 3 nitrogen and oxygen atoms in total. The van der Waals surface area contributed by atoms with Crippen molar-refractivity contribution in [3.05, 3.63) is 48.7 Å². The lowest BCUT2D eigenvalue weighted by Gasteiger charge is -2.09. The topological polar surface area (TPSA) is 40.7 Å². The largest absolute Gasteiger partial charge is 0.346 e. The molecular formula is C14H13N3S. The molecule has 0 radical (unpaired) electrons. The lowest BCUT2D eigenvalue weighted by atomic mass is 10.3. The van der Waals surface area contributed by atoms with Gasteiger partial charge < -0.3 is 10.3 Å². The number of fused-ring (bicyclic) bond motifs is 1. The number of anilines is 2. The fourth-order valence-electron chi connectivity index (χ4n) is 1.89.